The van der Waals surface area contributed by atoms with Crippen molar-refractivity contribution in [2.45, 2.75) is 65.9 Å². The number of hydrogen-bond acceptors (Lipinski definition) is 3. The second-order valence-corrected chi connectivity index (χ2v) is 7.37. The Morgan fingerprint density at radius 2 is 1.67 bits per heavy atom. The van der Waals surface area contributed by atoms with E-state index in [4.69, 9.17) is 9.47 Å². The van der Waals surface area contributed by atoms with Gasteiger partial charge in [-0.15, -0.1) is 0 Å². The summed E-state index contributed by atoms with van der Waals surface area (Å²) in [5, 5.41) is 3.44. The molecule has 0 radical (unpaired) electrons. The smallest absolute Gasteiger partial charge is 0.122 e. The van der Waals surface area contributed by atoms with Crippen molar-refractivity contribution in [3.8, 4) is 11.5 Å². The van der Waals surface area contributed by atoms with Gasteiger partial charge in [0.05, 0.1) is 13.2 Å². The maximum Gasteiger partial charge on any atom is 0.122 e. The second-order valence-electron chi connectivity index (χ2n) is 7.37. The molecule has 0 saturated heterocycles. The lowest BCUT2D eigenvalue weighted by atomic mass is 10.1. The number of anilines is 1. The van der Waals surface area contributed by atoms with Crippen molar-refractivity contribution in [2.24, 2.45) is 0 Å². The third-order valence-corrected chi connectivity index (χ3v) is 4.64. The number of benzene rings is 2. The average Bonchev–Trinajstić information content (AvgIpc) is 2.67. The summed E-state index contributed by atoms with van der Waals surface area (Å²) in [5.74, 6) is 1.91. The molecular formula is C24H35NO2. The summed E-state index contributed by atoms with van der Waals surface area (Å²) in [4.78, 5) is 0. The van der Waals surface area contributed by atoms with E-state index in [-0.39, 0.29) is 6.10 Å². The lowest BCUT2D eigenvalue weighted by molar-refractivity contribution is 0.233. The van der Waals surface area contributed by atoms with Crippen LogP contribution in [-0.4, -0.2) is 19.3 Å². The number of unbranched alkanes of at least 4 members (excludes halogenated alkanes) is 4. The molecule has 0 unspecified atom stereocenters. The van der Waals surface area contributed by atoms with Gasteiger partial charge < -0.3 is 14.8 Å². The molecule has 0 aliphatic heterocycles. The molecule has 0 heterocycles. The largest absolute Gasteiger partial charge is 0.494 e. The molecule has 3 heteroatoms. The maximum absolute atomic E-state index is 6.08. The highest BCUT2D eigenvalue weighted by Crippen LogP contribution is 2.21. The first-order valence-corrected chi connectivity index (χ1v) is 10.3. The minimum absolute atomic E-state index is 0.0875. The van der Waals surface area contributed by atoms with Crippen LogP contribution in [0.3, 0.4) is 0 Å². The maximum atomic E-state index is 6.08. The highest BCUT2D eigenvalue weighted by atomic mass is 16.5. The summed E-state index contributed by atoms with van der Waals surface area (Å²) in [6.07, 6.45) is 6.39. The summed E-state index contributed by atoms with van der Waals surface area (Å²) in [7, 11) is 0. The van der Waals surface area contributed by atoms with Gasteiger partial charge in [-0.2, -0.15) is 0 Å². The van der Waals surface area contributed by atoms with Crippen molar-refractivity contribution in [1.29, 1.82) is 0 Å². The molecule has 0 bridgehead atoms. The highest BCUT2D eigenvalue weighted by Gasteiger charge is 2.07. The van der Waals surface area contributed by atoms with E-state index < -0.39 is 0 Å². The molecule has 0 aliphatic carbocycles. The zero-order valence-corrected chi connectivity index (χ0v) is 17.4. The van der Waals surface area contributed by atoms with Crippen LogP contribution in [-0.2, 0) is 0 Å². The second kappa shape index (κ2) is 11.5. The van der Waals surface area contributed by atoms with Gasteiger partial charge in [-0.25, -0.2) is 0 Å². The predicted molar refractivity (Wildman–Crippen MR) is 115 cm³/mol. The van der Waals surface area contributed by atoms with Crippen LogP contribution >= 0.6 is 0 Å². The first-order valence-electron chi connectivity index (χ1n) is 10.3. The van der Waals surface area contributed by atoms with E-state index in [2.05, 4.69) is 63.3 Å². The van der Waals surface area contributed by atoms with Gasteiger partial charge in [0, 0.05) is 5.69 Å². The molecule has 0 aromatic heterocycles. The Balaban J connectivity index is 1.70. The van der Waals surface area contributed by atoms with E-state index in [1.165, 1.54) is 36.8 Å². The van der Waals surface area contributed by atoms with Gasteiger partial charge in [-0.3, -0.25) is 0 Å². The molecular weight excluding hydrogens is 334 g/mol. The lowest BCUT2D eigenvalue weighted by Crippen LogP contribution is -2.23. The zero-order valence-electron chi connectivity index (χ0n) is 17.4. The molecule has 2 aromatic carbocycles. The summed E-state index contributed by atoms with van der Waals surface area (Å²) >= 11 is 0. The summed E-state index contributed by atoms with van der Waals surface area (Å²) in [6, 6.07) is 14.5. The van der Waals surface area contributed by atoms with E-state index in [0.29, 0.717) is 0 Å². The monoisotopic (exact) mass is 369 g/mol. The van der Waals surface area contributed by atoms with Gasteiger partial charge in [-0.1, -0.05) is 44.7 Å². The number of ether oxygens (including phenoxy) is 2. The van der Waals surface area contributed by atoms with Crippen LogP contribution in [0.25, 0.3) is 0 Å². The fourth-order valence-electron chi connectivity index (χ4n) is 2.92. The lowest BCUT2D eigenvalue weighted by Gasteiger charge is -2.18. The third kappa shape index (κ3) is 7.94. The van der Waals surface area contributed by atoms with Crippen LogP contribution in [0.2, 0.25) is 0 Å². The van der Waals surface area contributed by atoms with Gasteiger partial charge >= 0.3 is 0 Å². The zero-order chi connectivity index (χ0) is 19.5. The number of nitrogens with one attached hydrogen (secondary N) is 1. The molecule has 1 N–H and O–H groups in total. The van der Waals surface area contributed by atoms with Gasteiger partial charge in [0.25, 0.3) is 0 Å². The van der Waals surface area contributed by atoms with Crippen LogP contribution in [0, 0.1) is 13.8 Å². The molecule has 0 fully saturated rings. The van der Waals surface area contributed by atoms with E-state index in [1.807, 2.05) is 12.1 Å². The molecule has 27 heavy (non-hydrogen) atoms. The van der Waals surface area contributed by atoms with Crippen molar-refractivity contribution >= 4 is 5.69 Å². The summed E-state index contributed by atoms with van der Waals surface area (Å²) in [6.45, 7) is 10.1. The van der Waals surface area contributed by atoms with E-state index >= 15 is 0 Å². The minimum Gasteiger partial charge on any atom is -0.494 e. The molecule has 1 atom stereocenters. The Kier molecular flexibility index (Phi) is 9.03. The van der Waals surface area contributed by atoms with Crippen molar-refractivity contribution in [3.05, 3.63) is 53.6 Å². The molecule has 148 valence electrons. The quantitative estimate of drug-likeness (QED) is 0.431. The van der Waals surface area contributed by atoms with Crippen molar-refractivity contribution < 1.29 is 9.47 Å². The molecule has 0 spiro atoms. The number of rotatable bonds is 12. The molecule has 2 rings (SSSR count). The minimum atomic E-state index is 0.0875. The fraction of sp³-hybridized carbons (Fsp3) is 0.500. The van der Waals surface area contributed by atoms with Crippen LogP contribution in [0.5, 0.6) is 11.5 Å². The van der Waals surface area contributed by atoms with Gasteiger partial charge in [0.2, 0.25) is 0 Å². The van der Waals surface area contributed by atoms with Gasteiger partial charge in [0.15, 0.2) is 0 Å². The van der Waals surface area contributed by atoms with Crippen LogP contribution in [0.4, 0.5) is 5.69 Å². The van der Waals surface area contributed by atoms with E-state index in [0.717, 1.165) is 36.8 Å². The first-order chi connectivity index (χ1) is 13.1. The highest BCUT2D eigenvalue weighted by molar-refractivity contribution is 5.46. The normalized spacial score (nSPS) is 11.9. The van der Waals surface area contributed by atoms with Crippen molar-refractivity contribution in [3.63, 3.8) is 0 Å². The Hall–Kier alpha value is -2.16. The fourth-order valence-corrected chi connectivity index (χ4v) is 2.92. The molecule has 3 nitrogen and oxygen atoms in total. The number of aryl methyl sites for hydroxylation is 2. The molecule has 0 amide bonds. The predicted octanol–water partition coefficient (Wildman–Crippen LogP) is 6.53. The molecule has 0 aliphatic rings. The number of hydrogen-bond donors (Lipinski definition) is 1. The SMILES string of the molecule is CCCCCCCOc1ccc(NC[C@H](C)Oc2cc(C)ccc2C)cc1. The standard InChI is InChI=1S/C24H35NO2/c1-5-6-7-8-9-16-26-23-14-12-22(13-15-23)25-18-21(4)27-24-17-19(2)10-11-20(24)3/h10-15,17,21,25H,5-9,16,18H2,1-4H3/t21-/m0/s1. The Morgan fingerprint density at radius 1 is 0.926 bits per heavy atom. The van der Waals surface area contributed by atoms with Crippen LogP contribution < -0.4 is 14.8 Å². The van der Waals surface area contributed by atoms with Crippen molar-refractivity contribution in [2.75, 3.05) is 18.5 Å². The molecule has 2 aromatic rings. The third-order valence-electron chi connectivity index (χ3n) is 4.64. The van der Waals surface area contributed by atoms with Gasteiger partial charge in [0.1, 0.15) is 17.6 Å². The average molecular weight is 370 g/mol. The Labute approximate surface area is 165 Å². The van der Waals surface area contributed by atoms with Crippen LogP contribution in [0.15, 0.2) is 42.5 Å². The summed E-state index contributed by atoms with van der Waals surface area (Å²) < 4.78 is 11.9. The van der Waals surface area contributed by atoms with Crippen LogP contribution in [0.1, 0.15) is 57.1 Å². The molecule has 0 saturated carbocycles. The Morgan fingerprint density at radius 3 is 2.41 bits per heavy atom. The first kappa shape index (κ1) is 21.1. The van der Waals surface area contributed by atoms with E-state index in [9.17, 15) is 0 Å². The van der Waals surface area contributed by atoms with Gasteiger partial charge in [-0.05, 0) is 68.7 Å². The van der Waals surface area contributed by atoms with Crippen molar-refractivity contribution in [1.82, 2.24) is 0 Å². The van der Waals surface area contributed by atoms with E-state index in [1.54, 1.807) is 0 Å². The summed E-state index contributed by atoms with van der Waals surface area (Å²) in [5.41, 5.74) is 3.47. The topological polar surface area (TPSA) is 30.5 Å². The Bertz CT molecular complexity index is 667.